The van der Waals surface area contributed by atoms with Crippen LogP contribution in [0.4, 0.5) is 16.3 Å². The number of anilines is 2. The summed E-state index contributed by atoms with van der Waals surface area (Å²) < 4.78 is 0. The van der Waals surface area contributed by atoms with Gasteiger partial charge in [-0.25, -0.2) is 4.79 Å². The summed E-state index contributed by atoms with van der Waals surface area (Å²) in [5, 5.41) is 13.1. The number of carbonyl (C=O) groups excluding carboxylic acids is 1. The van der Waals surface area contributed by atoms with Crippen LogP contribution in [0.5, 0.6) is 0 Å². The number of nitrogens with one attached hydrogen (secondary N) is 3. The van der Waals surface area contributed by atoms with Gasteiger partial charge in [-0.05, 0) is 36.6 Å². The van der Waals surface area contributed by atoms with Crippen LogP contribution < -0.4 is 10.6 Å². The van der Waals surface area contributed by atoms with Gasteiger partial charge in [0, 0.05) is 30.9 Å². The number of urea groups is 1. The average molecular weight is 361 g/mol. The van der Waals surface area contributed by atoms with E-state index in [9.17, 15) is 4.79 Å². The van der Waals surface area contributed by atoms with Crippen LogP contribution in [0.25, 0.3) is 0 Å². The highest BCUT2D eigenvalue weighted by atomic mass is 16.2. The lowest BCUT2D eigenvalue weighted by Crippen LogP contribution is -2.30. The van der Waals surface area contributed by atoms with Crippen molar-refractivity contribution in [1.82, 2.24) is 15.1 Å². The Kier molecular flexibility index (Phi) is 4.89. The van der Waals surface area contributed by atoms with E-state index in [0.29, 0.717) is 5.82 Å². The largest absolute Gasteiger partial charge is 0.324 e. The maximum Gasteiger partial charge on any atom is 0.324 e. The van der Waals surface area contributed by atoms with Gasteiger partial charge in [0.05, 0.1) is 5.69 Å². The summed E-state index contributed by atoms with van der Waals surface area (Å²) in [7, 11) is 0. The second kappa shape index (κ2) is 7.63. The van der Waals surface area contributed by atoms with Crippen LogP contribution in [-0.4, -0.2) is 27.7 Å². The van der Waals surface area contributed by atoms with Gasteiger partial charge in [0.25, 0.3) is 0 Å². The molecule has 0 saturated heterocycles. The summed E-state index contributed by atoms with van der Waals surface area (Å²) >= 11 is 0. The first kappa shape index (κ1) is 17.3. The Labute approximate surface area is 158 Å². The Bertz CT molecular complexity index is 935. The summed E-state index contributed by atoms with van der Waals surface area (Å²) in [6.07, 6.45) is 0.860. The molecule has 3 N–H and O–H groups in total. The molecule has 6 heteroatoms. The standard InChI is InChI=1S/C21H23N5O/c1-15-6-5-9-17(12-15)22-21(27)23-20-18-10-11-26(14-19(18)24-25-20)13-16-7-3-2-4-8-16/h2-9,12H,10-11,13-14H2,1H3,(H3,22,23,24,25,27). The second-order valence-electron chi connectivity index (χ2n) is 6.92. The van der Waals surface area contributed by atoms with E-state index in [2.05, 4.69) is 50.0 Å². The van der Waals surface area contributed by atoms with Crippen molar-refractivity contribution in [2.45, 2.75) is 26.4 Å². The van der Waals surface area contributed by atoms with Gasteiger partial charge in [0.1, 0.15) is 0 Å². The number of carbonyl (C=O) groups is 1. The molecule has 1 aromatic heterocycles. The van der Waals surface area contributed by atoms with Crippen LogP contribution in [0, 0.1) is 6.92 Å². The predicted molar refractivity (Wildman–Crippen MR) is 107 cm³/mol. The van der Waals surface area contributed by atoms with E-state index in [4.69, 9.17) is 0 Å². The molecule has 0 radical (unpaired) electrons. The van der Waals surface area contributed by atoms with Crippen molar-refractivity contribution < 1.29 is 4.79 Å². The molecular formula is C21H23N5O. The zero-order valence-electron chi connectivity index (χ0n) is 15.3. The third-order valence-electron chi connectivity index (χ3n) is 4.77. The van der Waals surface area contributed by atoms with E-state index in [1.165, 1.54) is 5.56 Å². The molecule has 0 saturated carbocycles. The number of aryl methyl sites for hydroxylation is 1. The van der Waals surface area contributed by atoms with Gasteiger partial charge in [0.2, 0.25) is 0 Å². The van der Waals surface area contributed by atoms with Crippen LogP contribution in [0.15, 0.2) is 54.6 Å². The number of hydrogen-bond acceptors (Lipinski definition) is 3. The van der Waals surface area contributed by atoms with Gasteiger partial charge in [-0.2, -0.15) is 5.10 Å². The van der Waals surface area contributed by atoms with E-state index < -0.39 is 0 Å². The first-order chi connectivity index (χ1) is 13.2. The third kappa shape index (κ3) is 4.17. The monoisotopic (exact) mass is 361 g/mol. The summed E-state index contributed by atoms with van der Waals surface area (Å²) in [4.78, 5) is 14.7. The van der Waals surface area contributed by atoms with Crippen molar-refractivity contribution in [3.8, 4) is 0 Å². The maximum absolute atomic E-state index is 12.3. The highest BCUT2D eigenvalue weighted by molar-refractivity contribution is 5.99. The van der Waals surface area contributed by atoms with Gasteiger partial charge in [-0.1, -0.05) is 42.5 Å². The minimum absolute atomic E-state index is 0.276. The molecule has 0 atom stereocenters. The van der Waals surface area contributed by atoms with Crippen molar-refractivity contribution in [3.05, 3.63) is 77.0 Å². The topological polar surface area (TPSA) is 73.0 Å². The molecule has 0 spiro atoms. The molecule has 2 amide bonds. The molecule has 0 fully saturated rings. The molecule has 4 rings (SSSR count). The predicted octanol–water partition coefficient (Wildman–Crippen LogP) is 3.92. The van der Waals surface area contributed by atoms with Crippen LogP contribution in [0.1, 0.15) is 22.4 Å². The Morgan fingerprint density at radius 3 is 2.81 bits per heavy atom. The second-order valence-corrected chi connectivity index (χ2v) is 6.92. The van der Waals surface area contributed by atoms with E-state index in [-0.39, 0.29) is 6.03 Å². The lowest BCUT2D eigenvalue weighted by molar-refractivity contribution is 0.242. The molecule has 1 aliphatic rings. The molecule has 138 valence electrons. The highest BCUT2D eigenvalue weighted by Gasteiger charge is 2.22. The number of hydrogen-bond donors (Lipinski definition) is 3. The number of aromatic nitrogens is 2. The Hall–Kier alpha value is -3.12. The van der Waals surface area contributed by atoms with Crippen LogP contribution in [0.2, 0.25) is 0 Å². The number of nitrogens with zero attached hydrogens (tertiary/aromatic N) is 2. The number of H-pyrrole nitrogens is 1. The van der Waals surface area contributed by atoms with Gasteiger partial charge in [-0.3, -0.25) is 15.3 Å². The zero-order chi connectivity index (χ0) is 18.6. The molecule has 27 heavy (non-hydrogen) atoms. The highest BCUT2D eigenvalue weighted by Crippen LogP contribution is 2.25. The summed E-state index contributed by atoms with van der Waals surface area (Å²) in [5.41, 5.74) is 5.34. The molecule has 6 nitrogen and oxygen atoms in total. The number of amides is 2. The lowest BCUT2D eigenvalue weighted by Gasteiger charge is -2.26. The molecule has 1 aliphatic heterocycles. The first-order valence-electron chi connectivity index (χ1n) is 9.14. The number of fused-ring (bicyclic) bond motifs is 1. The molecule has 3 aromatic rings. The van der Waals surface area contributed by atoms with Crippen molar-refractivity contribution >= 4 is 17.5 Å². The summed E-state index contributed by atoms with van der Waals surface area (Å²) in [6.45, 7) is 4.65. The van der Waals surface area contributed by atoms with Crippen molar-refractivity contribution in [3.63, 3.8) is 0 Å². The van der Waals surface area contributed by atoms with Crippen molar-refractivity contribution in [2.24, 2.45) is 0 Å². The minimum Gasteiger partial charge on any atom is -0.308 e. The molecule has 2 aromatic carbocycles. The lowest BCUT2D eigenvalue weighted by atomic mass is 10.1. The smallest absolute Gasteiger partial charge is 0.308 e. The van der Waals surface area contributed by atoms with Gasteiger partial charge < -0.3 is 5.32 Å². The third-order valence-corrected chi connectivity index (χ3v) is 4.77. The molecular weight excluding hydrogens is 338 g/mol. The number of benzene rings is 2. The summed E-state index contributed by atoms with van der Waals surface area (Å²) in [6, 6.07) is 17.9. The Morgan fingerprint density at radius 2 is 2.00 bits per heavy atom. The average Bonchev–Trinajstić information content (AvgIpc) is 3.04. The Balaban J connectivity index is 1.38. The van der Waals surface area contributed by atoms with E-state index in [1.807, 2.05) is 37.3 Å². The van der Waals surface area contributed by atoms with E-state index in [1.54, 1.807) is 0 Å². The first-order valence-corrected chi connectivity index (χ1v) is 9.14. The molecule has 2 heterocycles. The van der Waals surface area contributed by atoms with Crippen LogP contribution >= 0.6 is 0 Å². The van der Waals surface area contributed by atoms with Crippen molar-refractivity contribution in [1.29, 1.82) is 0 Å². The quantitative estimate of drug-likeness (QED) is 0.659. The van der Waals surface area contributed by atoms with Gasteiger partial charge in [0.15, 0.2) is 5.82 Å². The molecule has 0 bridgehead atoms. The van der Waals surface area contributed by atoms with E-state index in [0.717, 1.165) is 48.6 Å². The number of rotatable bonds is 4. The van der Waals surface area contributed by atoms with E-state index >= 15 is 0 Å². The normalized spacial score (nSPS) is 13.8. The zero-order valence-corrected chi connectivity index (χ0v) is 15.3. The summed E-state index contributed by atoms with van der Waals surface area (Å²) in [5.74, 6) is 0.620. The van der Waals surface area contributed by atoms with Crippen LogP contribution in [0.3, 0.4) is 0 Å². The molecule has 0 unspecified atom stereocenters. The van der Waals surface area contributed by atoms with Gasteiger partial charge in [-0.15, -0.1) is 0 Å². The fourth-order valence-electron chi connectivity index (χ4n) is 3.45. The van der Waals surface area contributed by atoms with Crippen LogP contribution in [-0.2, 0) is 19.5 Å². The Morgan fingerprint density at radius 1 is 1.15 bits per heavy atom. The van der Waals surface area contributed by atoms with Gasteiger partial charge >= 0.3 is 6.03 Å². The SMILES string of the molecule is Cc1cccc(NC(=O)Nc2n[nH]c3c2CCN(Cc2ccccc2)C3)c1. The maximum atomic E-state index is 12.3. The number of aromatic amines is 1. The fraction of sp³-hybridized carbons (Fsp3) is 0.238. The molecule has 0 aliphatic carbocycles. The fourth-order valence-corrected chi connectivity index (χ4v) is 3.45. The minimum atomic E-state index is -0.276. The van der Waals surface area contributed by atoms with Crippen molar-refractivity contribution in [2.75, 3.05) is 17.2 Å².